The van der Waals surface area contributed by atoms with Crippen LogP contribution in [-0.4, -0.2) is 78.2 Å². The van der Waals surface area contributed by atoms with Crippen LogP contribution in [0.5, 0.6) is 5.75 Å². The van der Waals surface area contributed by atoms with Crippen LogP contribution in [-0.2, 0) is 27.2 Å². The van der Waals surface area contributed by atoms with E-state index in [1.54, 1.807) is 20.4 Å². The van der Waals surface area contributed by atoms with Crippen LogP contribution < -0.4 is 36.2 Å². The number of para-hydroxylation sites is 1. The van der Waals surface area contributed by atoms with Crippen LogP contribution in [0.25, 0.3) is 0 Å². The van der Waals surface area contributed by atoms with E-state index < -0.39 is 30.8 Å². The number of amides is 3. The van der Waals surface area contributed by atoms with Crippen molar-refractivity contribution in [2.24, 2.45) is 0 Å². The lowest BCUT2D eigenvalue weighted by Crippen LogP contribution is -2.52. The predicted molar refractivity (Wildman–Crippen MR) is 207 cm³/mol. The first-order valence-electron chi connectivity index (χ1n) is 17.7. The van der Waals surface area contributed by atoms with Gasteiger partial charge in [-0.3, -0.25) is 19.7 Å². The Hall–Kier alpha value is -5.04. The highest BCUT2D eigenvalue weighted by atomic mass is 35.5. The standard InChI is InChI=1S/C38H41ClFN8O5P/c1-53-31-18-25(8-9-28(31)44-38-42-20-26(39)35(46-38)43-29-6-4-5-7-32(29)54(2,3)52)47-14-12-24(13-15-47)41-19-22-16-23-21-48(37(51)34(23)27(40)17-22)30-10-11-33(49)45-36(30)50/h4-9,16-18,20,24,30,41H,10-15,19,21H2,1-3H3,(H,45,49,50)(H2,42,43,44,46). The monoisotopic (exact) mass is 774 g/mol. The lowest BCUT2D eigenvalue weighted by molar-refractivity contribution is -0.136. The predicted octanol–water partition coefficient (Wildman–Crippen LogP) is 5.53. The molecule has 13 nitrogen and oxygen atoms in total. The molecule has 4 aromatic rings. The van der Waals surface area contributed by atoms with Crippen LogP contribution in [0, 0.1) is 5.82 Å². The van der Waals surface area contributed by atoms with Crippen molar-refractivity contribution in [1.82, 2.24) is 25.5 Å². The third kappa shape index (κ3) is 7.91. The highest BCUT2D eigenvalue weighted by Gasteiger charge is 2.40. The second-order valence-corrected chi connectivity index (χ2v) is 17.6. The van der Waals surface area contributed by atoms with Gasteiger partial charge in [0.05, 0.1) is 30.2 Å². The molecule has 16 heteroatoms. The Morgan fingerprint density at radius 2 is 1.80 bits per heavy atom. The molecule has 4 heterocycles. The summed E-state index contributed by atoms with van der Waals surface area (Å²) in [6.07, 6.45) is 3.59. The van der Waals surface area contributed by atoms with E-state index in [0.29, 0.717) is 51.3 Å². The van der Waals surface area contributed by atoms with Gasteiger partial charge in [-0.1, -0.05) is 29.8 Å². The number of benzene rings is 3. The molecule has 282 valence electrons. The molecule has 2 fully saturated rings. The Labute approximate surface area is 317 Å². The number of anilines is 5. The number of fused-ring (bicyclic) bond motifs is 1. The number of hydrogen-bond donors (Lipinski definition) is 4. The van der Waals surface area contributed by atoms with Gasteiger partial charge < -0.3 is 35.1 Å². The Kier molecular flexibility index (Phi) is 10.6. The molecule has 0 aliphatic carbocycles. The first kappa shape index (κ1) is 37.3. The summed E-state index contributed by atoms with van der Waals surface area (Å²) >= 11 is 6.44. The second-order valence-electron chi connectivity index (χ2n) is 14.0. The largest absolute Gasteiger partial charge is 0.494 e. The molecule has 54 heavy (non-hydrogen) atoms. The Bertz CT molecular complexity index is 2180. The SMILES string of the molecule is COc1cc(N2CCC(NCc3cc(F)c4c(c3)CN(C3CCC(=O)NC3=O)C4=O)CC2)ccc1Nc1ncc(Cl)c(Nc2ccccc2P(C)(C)=O)n1. The molecular formula is C38H41ClFN8O5P. The molecule has 3 amide bonds. The van der Waals surface area contributed by atoms with E-state index >= 15 is 4.39 Å². The smallest absolute Gasteiger partial charge is 0.258 e. The number of hydrogen-bond acceptors (Lipinski definition) is 11. The van der Waals surface area contributed by atoms with E-state index in [1.165, 1.54) is 17.2 Å². The number of imide groups is 1. The van der Waals surface area contributed by atoms with E-state index in [-0.39, 0.29) is 36.9 Å². The summed E-state index contributed by atoms with van der Waals surface area (Å²) in [6, 6.07) is 15.9. The molecule has 0 saturated carbocycles. The van der Waals surface area contributed by atoms with Crippen molar-refractivity contribution < 1.29 is 28.1 Å². The van der Waals surface area contributed by atoms with E-state index in [2.05, 4.69) is 36.1 Å². The van der Waals surface area contributed by atoms with Crippen molar-refractivity contribution in [2.75, 3.05) is 49.1 Å². The number of aromatic nitrogens is 2. The molecule has 1 unspecified atom stereocenters. The number of rotatable bonds is 11. The van der Waals surface area contributed by atoms with Gasteiger partial charge >= 0.3 is 0 Å². The second kappa shape index (κ2) is 15.4. The van der Waals surface area contributed by atoms with Crippen molar-refractivity contribution >= 4 is 70.6 Å². The summed E-state index contributed by atoms with van der Waals surface area (Å²) in [5.41, 5.74) is 3.61. The van der Waals surface area contributed by atoms with E-state index in [0.717, 1.165) is 37.2 Å². The normalized spacial score (nSPS) is 17.7. The summed E-state index contributed by atoms with van der Waals surface area (Å²) in [5, 5.41) is 13.3. The highest BCUT2D eigenvalue weighted by Crippen LogP contribution is 2.39. The minimum atomic E-state index is -2.56. The Morgan fingerprint density at radius 3 is 2.54 bits per heavy atom. The van der Waals surface area contributed by atoms with Gasteiger partial charge in [-0.15, -0.1) is 0 Å². The fourth-order valence-corrected chi connectivity index (χ4v) is 8.51. The summed E-state index contributed by atoms with van der Waals surface area (Å²) in [7, 11) is -0.962. The van der Waals surface area contributed by atoms with E-state index in [4.69, 9.17) is 16.3 Å². The number of carbonyl (C=O) groups is 3. The maximum absolute atomic E-state index is 15.2. The molecule has 3 aromatic carbocycles. The molecule has 0 spiro atoms. The van der Waals surface area contributed by atoms with Crippen LogP contribution in [0.2, 0.25) is 5.02 Å². The first-order chi connectivity index (χ1) is 25.9. The van der Waals surface area contributed by atoms with Crippen molar-refractivity contribution in [3.8, 4) is 5.75 Å². The molecule has 0 bridgehead atoms. The first-order valence-corrected chi connectivity index (χ1v) is 20.7. The summed E-state index contributed by atoms with van der Waals surface area (Å²) < 4.78 is 33.8. The average Bonchev–Trinajstić information content (AvgIpc) is 3.48. The third-order valence-corrected chi connectivity index (χ3v) is 11.8. The van der Waals surface area contributed by atoms with Crippen LogP contribution in [0.1, 0.15) is 47.2 Å². The zero-order valence-corrected chi connectivity index (χ0v) is 31.8. The summed E-state index contributed by atoms with van der Waals surface area (Å²) in [5.74, 6) is -0.723. The van der Waals surface area contributed by atoms with Gasteiger partial charge in [0, 0.05) is 55.7 Å². The quantitative estimate of drug-likeness (QED) is 0.112. The number of methoxy groups -OCH3 is 1. The fraction of sp³-hybridized carbons (Fsp3) is 0.342. The van der Waals surface area contributed by atoms with E-state index in [9.17, 15) is 18.9 Å². The molecule has 1 aromatic heterocycles. The molecule has 4 N–H and O–H groups in total. The summed E-state index contributed by atoms with van der Waals surface area (Å²) in [4.78, 5) is 49.6. The number of carbonyl (C=O) groups excluding carboxylic acids is 3. The van der Waals surface area contributed by atoms with Crippen LogP contribution in [0.3, 0.4) is 0 Å². The van der Waals surface area contributed by atoms with E-state index in [1.807, 2.05) is 48.5 Å². The maximum Gasteiger partial charge on any atom is 0.258 e. The van der Waals surface area contributed by atoms with Crippen molar-refractivity contribution in [1.29, 1.82) is 0 Å². The Balaban J connectivity index is 0.950. The molecule has 0 radical (unpaired) electrons. The summed E-state index contributed by atoms with van der Waals surface area (Å²) in [6.45, 7) is 5.58. The molecule has 1 atom stereocenters. The average molecular weight is 775 g/mol. The number of halogens is 2. The number of ether oxygens (including phenoxy) is 1. The van der Waals surface area contributed by atoms with Crippen molar-refractivity contribution in [3.63, 3.8) is 0 Å². The topological polar surface area (TPSA) is 158 Å². The number of piperidine rings is 2. The van der Waals surface area contributed by atoms with Gasteiger partial charge in [0.25, 0.3) is 5.91 Å². The molecule has 3 aliphatic heterocycles. The van der Waals surface area contributed by atoms with Gasteiger partial charge in [0.1, 0.15) is 29.8 Å². The minimum Gasteiger partial charge on any atom is -0.494 e. The van der Waals surface area contributed by atoms with Crippen LogP contribution in [0.4, 0.5) is 33.2 Å². The van der Waals surface area contributed by atoms with Gasteiger partial charge in [-0.05, 0) is 74.1 Å². The van der Waals surface area contributed by atoms with Gasteiger partial charge in [-0.25, -0.2) is 9.37 Å². The third-order valence-electron chi connectivity index (χ3n) is 10.0. The highest BCUT2D eigenvalue weighted by molar-refractivity contribution is 7.70. The van der Waals surface area contributed by atoms with Crippen molar-refractivity contribution in [2.45, 2.75) is 50.9 Å². The van der Waals surface area contributed by atoms with Crippen molar-refractivity contribution in [3.05, 3.63) is 88.3 Å². The minimum absolute atomic E-state index is 0.000554. The van der Waals surface area contributed by atoms with Gasteiger partial charge in [0.15, 0.2) is 5.82 Å². The van der Waals surface area contributed by atoms with Crippen LogP contribution >= 0.6 is 18.7 Å². The Morgan fingerprint density at radius 1 is 1.02 bits per heavy atom. The maximum atomic E-state index is 15.2. The van der Waals surface area contributed by atoms with Crippen LogP contribution in [0.15, 0.2) is 60.8 Å². The fourth-order valence-electron chi connectivity index (χ4n) is 7.22. The molecule has 2 saturated heterocycles. The molecular weight excluding hydrogens is 734 g/mol. The number of nitrogens with zero attached hydrogens (tertiary/aromatic N) is 4. The lowest BCUT2D eigenvalue weighted by atomic mass is 10.0. The zero-order valence-electron chi connectivity index (χ0n) is 30.1. The number of nitrogens with one attached hydrogen (secondary N) is 4. The molecule has 3 aliphatic rings. The lowest BCUT2D eigenvalue weighted by Gasteiger charge is -2.34. The molecule has 7 rings (SSSR count). The van der Waals surface area contributed by atoms with Gasteiger partial charge in [0.2, 0.25) is 17.8 Å². The zero-order chi connectivity index (χ0) is 38.1. The van der Waals surface area contributed by atoms with Gasteiger partial charge in [-0.2, -0.15) is 4.98 Å².